The van der Waals surface area contributed by atoms with E-state index in [-0.39, 0.29) is 5.91 Å². The van der Waals surface area contributed by atoms with E-state index in [2.05, 4.69) is 51.6 Å². The fourth-order valence-electron chi connectivity index (χ4n) is 3.84. The molecular weight excluding hydrogens is 346 g/mol. The van der Waals surface area contributed by atoms with Crippen LogP contribution in [0.4, 0.5) is 0 Å². The first-order chi connectivity index (χ1) is 13.8. The first-order valence-corrected chi connectivity index (χ1v) is 9.87. The average Bonchev–Trinajstić information content (AvgIpc) is 2.73. The quantitative estimate of drug-likeness (QED) is 0.501. The summed E-state index contributed by atoms with van der Waals surface area (Å²) in [5.41, 5.74) is 3.78. The Bertz CT molecular complexity index is 941. The molecule has 142 valence electrons. The Hall–Kier alpha value is -2.98. The number of aromatic nitrogens is 1. The maximum atomic E-state index is 11.9. The van der Waals surface area contributed by atoms with Crippen LogP contribution in [0.5, 0.6) is 0 Å². The Morgan fingerprint density at radius 2 is 1.82 bits per heavy atom. The van der Waals surface area contributed by atoms with Gasteiger partial charge in [-0.25, -0.2) is 0 Å². The maximum absolute atomic E-state index is 11.9. The minimum absolute atomic E-state index is 0.0533. The van der Waals surface area contributed by atoms with Crippen LogP contribution in [-0.4, -0.2) is 28.9 Å². The van der Waals surface area contributed by atoms with Crippen molar-refractivity contribution in [1.29, 1.82) is 0 Å². The molecule has 0 bridgehead atoms. The van der Waals surface area contributed by atoms with Gasteiger partial charge in [0.05, 0.1) is 0 Å². The summed E-state index contributed by atoms with van der Waals surface area (Å²) in [6, 6.07) is 17.0. The van der Waals surface area contributed by atoms with Crippen molar-refractivity contribution < 1.29 is 4.79 Å². The fraction of sp³-hybridized carbons (Fsp3) is 0.250. The molecule has 0 radical (unpaired) electrons. The number of carbonyl (C=O) groups is 1. The Morgan fingerprint density at radius 3 is 2.54 bits per heavy atom. The van der Waals surface area contributed by atoms with Gasteiger partial charge in [-0.1, -0.05) is 42.5 Å². The zero-order valence-electron chi connectivity index (χ0n) is 16.0. The van der Waals surface area contributed by atoms with Crippen molar-refractivity contribution in [2.45, 2.75) is 25.9 Å². The molecule has 1 aliphatic rings. The number of rotatable bonds is 7. The summed E-state index contributed by atoms with van der Waals surface area (Å²) in [6.07, 6.45) is 8.87. The number of nitrogens with zero attached hydrogens (tertiary/aromatic N) is 2. The Morgan fingerprint density at radius 1 is 1.04 bits per heavy atom. The van der Waals surface area contributed by atoms with Crippen LogP contribution in [0.3, 0.4) is 0 Å². The molecule has 4 rings (SSSR count). The van der Waals surface area contributed by atoms with Crippen molar-refractivity contribution in [2.24, 2.45) is 0 Å². The second-order valence-corrected chi connectivity index (χ2v) is 7.26. The zero-order valence-corrected chi connectivity index (χ0v) is 16.0. The van der Waals surface area contributed by atoms with Crippen LogP contribution in [-0.2, 0) is 17.9 Å². The Kier molecular flexibility index (Phi) is 5.78. The van der Waals surface area contributed by atoms with E-state index < -0.39 is 0 Å². The number of hydrogen-bond donors (Lipinski definition) is 1. The van der Waals surface area contributed by atoms with Crippen LogP contribution in [0.1, 0.15) is 29.5 Å². The molecule has 0 unspecified atom stereocenters. The molecule has 2 heterocycles. The number of carbonyl (C=O) groups excluding carboxylic acids is 1. The summed E-state index contributed by atoms with van der Waals surface area (Å²) < 4.78 is 0. The van der Waals surface area contributed by atoms with Crippen LogP contribution in [0.2, 0.25) is 0 Å². The summed E-state index contributed by atoms with van der Waals surface area (Å²) in [5.74, 6) is -0.0533. The second-order valence-electron chi connectivity index (χ2n) is 7.26. The van der Waals surface area contributed by atoms with Gasteiger partial charge < -0.3 is 5.32 Å². The third-order valence-electron chi connectivity index (χ3n) is 5.18. The third kappa shape index (κ3) is 4.46. The van der Waals surface area contributed by atoms with Crippen molar-refractivity contribution >= 4 is 22.8 Å². The lowest BCUT2D eigenvalue weighted by Crippen LogP contribution is -2.28. The highest BCUT2D eigenvalue weighted by atomic mass is 16.1. The minimum atomic E-state index is -0.0533. The highest BCUT2D eigenvalue weighted by molar-refractivity contribution is 5.91. The number of benzene rings is 2. The molecule has 1 aliphatic heterocycles. The molecule has 0 spiro atoms. The van der Waals surface area contributed by atoms with Crippen LogP contribution >= 0.6 is 0 Å². The smallest absolute Gasteiger partial charge is 0.243 e. The highest BCUT2D eigenvalue weighted by Crippen LogP contribution is 2.29. The van der Waals surface area contributed by atoms with Gasteiger partial charge in [0.25, 0.3) is 0 Å². The lowest BCUT2D eigenvalue weighted by Gasteiger charge is -2.29. The molecule has 4 nitrogen and oxygen atoms in total. The fourth-order valence-corrected chi connectivity index (χ4v) is 3.84. The molecule has 28 heavy (non-hydrogen) atoms. The number of nitrogens with one attached hydrogen (secondary N) is 1. The van der Waals surface area contributed by atoms with Crippen LogP contribution in [0.25, 0.3) is 16.8 Å². The lowest BCUT2D eigenvalue weighted by atomic mass is 9.95. The van der Waals surface area contributed by atoms with E-state index in [4.69, 9.17) is 0 Å². The van der Waals surface area contributed by atoms with Gasteiger partial charge >= 0.3 is 0 Å². The number of pyridine rings is 1. The molecule has 4 heteroatoms. The van der Waals surface area contributed by atoms with Crippen molar-refractivity contribution in [3.63, 3.8) is 0 Å². The molecule has 0 fully saturated rings. The van der Waals surface area contributed by atoms with Gasteiger partial charge in [-0.05, 0) is 59.0 Å². The number of amides is 1. The minimum Gasteiger partial charge on any atom is -0.353 e. The summed E-state index contributed by atoms with van der Waals surface area (Å²) >= 11 is 0. The molecule has 0 saturated carbocycles. The van der Waals surface area contributed by atoms with Gasteiger partial charge in [-0.2, -0.15) is 0 Å². The van der Waals surface area contributed by atoms with Gasteiger partial charge in [0.1, 0.15) is 0 Å². The molecule has 0 atom stereocenters. The SMILES string of the molecule is O=C(/C=C\c1cccnc1)NCCCCN1Cc2cccc3cccc(c23)C1. The zero-order chi connectivity index (χ0) is 19.2. The van der Waals surface area contributed by atoms with Gasteiger partial charge in [0.15, 0.2) is 0 Å². The van der Waals surface area contributed by atoms with Gasteiger partial charge in [-0.15, -0.1) is 0 Å². The van der Waals surface area contributed by atoms with Crippen molar-refractivity contribution in [3.05, 3.63) is 83.7 Å². The highest BCUT2D eigenvalue weighted by Gasteiger charge is 2.17. The molecule has 0 aliphatic carbocycles. The van der Waals surface area contributed by atoms with E-state index in [0.717, 1.165) is 38.0 Å². The van der Waals surface area contributed by atoms with Gasteiger partial charge in [0, 0.05) is 38.1 Å². The van der Waals surface area contributed by atoms with E-state index in [1.165, 1.54) is 21.9 Å². The van der Waals surface area contributed by atoms with Gasteiger partial charge in [0.2, 0.25) is 5.91 Å². The van der Waals surface area contributed by atoms with Crippen molar-refractivity contribution in [3.8, 4) is 0 Å². The van der Waals surface area contributed by atoms with Crippen molar-refractivity contribution in [1.82, 2.24) is 15.2 Å². The molecule has 1 N–H and O–H groups in total. The lowest BCUT2D eigenvalue weighted by molar-refractivity contribution is -0.116. The molecule has 1 amide bonds. The predicted molar refractivity (Wildman–Crippen MR) is 114 cm³/mol. The van der Waals surface area contributed by atoms with Crippen molar-refractivity contribution in [2.75, 3.05) is 13.1 Å². The first-order valence-electron chi connectivity index (χ1n) is 9.87. The Balaban J connectivity index is 1.20. The van der Waals surface area contributed by atoms with E-state index in [0.29, 0.717) is 6.54 Å². The average molecular weight is 371 g/mol. The van der Waals surface area contributed by atoms with Crippen LogP contribution in [0, 0.1) is 0 Å². The Labute approximate surface area is 165 Å². The molecular formula is C24H25N3O. The number of hydrogen-bond acceptors (Lipinski definition) is 3. The van der Waals surface area contributed by atoms with E-state index >= 15 is 0 Å². The second kappa shape index (κ2) is 8.81. The molecule has 0 saturated heterocycles. The number of unbranched alkanes of at least 4 members (excludes halogenated alkanes) is 1. The molecule has 3 aromatic rings. The summed E-state index contributed by atoms with van der Waals surface area (Å²) in [7, 11) is 0. The van der Waals surface area contributed by atoms with Gasteiger partial charge in [-0.3, -0.25) is 14.7 Å². The summed E-state index contributed by atoms with van der Waals surface area (Å²) in [5, 5.41) is 5.74. The normalized spacial score (nSPS) is 13.9. The summed E-state index contributed by atoms with van der Waals surface area (Å²) in [6.45, 7) is 3.77. The summed E-state index contributed by atoms with van der Waals surface area (Å²) in [4.78, 5) is 18.4. The molecule has 1 aromatic heterocycles. The van der Waals surface area contributed by atoms with E-state index in [9.17, 15) is 4.79 Å². The third-order valence-corrected chi connectivity index (χ3v) is 5.18. The maximum Gasteiger partial charge on any atom is 0.243 e. The largest absolute Gasteiger partial charge is 0.353 e. The van der Waals surface area contributed by atoms with Crippen LogP contribution < -0.4 is 5.32 Å². The first kappa shape index (κ1) is 18.4. The topological polar surface area (TPSA) is 45.2 Å². The predicted octanol–water partition coefficient (Wildman–Crippen LogP) is 4.16. The van der Waals surface area contributed by atoms with E-state index in [1.807, 2.05) is 12.1 Å². The monoisotopic (exact) mass is 371 g/mol. The molecule has 2 aromatic carbocycles. The van der Waals surface area contributed by atoms with Crippen LogP contribution in [0.15, 0.2) is 67.0 Å². The van der Waals surface area contributed by atoms with E-state index in [1.54, 1.807) is 24.5 Å². The standard InChI is InChI=1S/C24H25N3O/c28-23(12-11-19-6-5-13-25-16-19)26-14-1-2-15-27-17-21-9-3-7-20-8-4-10-22(18-27)24(20)21/h3-13,16H,1-2,14-15,17-18H2,(H,26,28)/b12-11-.